The molecule has 1 aromatic carbocycles. The van der Waals surface area contributed by atoms with Crippen LogP contribution in [0.3, 0.4) is 0 Å². The SMILES string of the molecule is CCNC(=NCc1nc(C)c(C)o1)NCCC(=O)Nc1ccc(Br)cc1C. The number of hydrogen-bond donors (Lipinski definition) is 3. The standard InChI is InChI=1S/C19H26BrN5O2/c1-5-21-19(23-11-18-24-13(3)14(4)27-18)22-9-8-17(26)25-16-7-6-15(20)10-12(16)2/h6-7,10H,5,8-9,11H2,1-4H3,(H,25,26)(H2,21,22,23). The highest BCUT2D eigenvalue weighted by Gasteiger charge is 2.07. The van der Waals surface area contributed by atoms with Gasteiger partial charge in [0.2, 0.25) is 11.8 Å². The Bertz CT molecular complexity index is 797. The van der Waals surface area contributed by atoms with E-state index < -0.39 is 0 Å². The smallest absolute Gasteiger partial charge is 0.226 e. The van der Waals surface area contributed by atoms with Crippen molar-refractivity contribution >= 4 is 33.5 Å². The summed E-state index contributed by atoms with van der Waals surface area (Å²) in [5.41, 5.74) is 2.70. The van der Waals surface area contributed by atoms with E-state index in [0.717, 1.165) is 33.7 Å². The van der Waals surface area contributed by atoms with Crippen LogP contribution in [0, 0.1) is 20.8 Å². The molecule has 146 valence electrons. The third-order valence-electron chi connectivity index (χ3n) is 3.90. The van der Waals surface area contributed by atoms with Gasteiger partial charge in [-0.1, -0.05) is 15.9 Å². The lowest BCUT2D eigenvalue weighted by Crippen LogP contribution is -2.38. The second-order valence-electron chi connectivity index (χ2n) is 6.13. The van der Waals surface area contributed by atoms with E-state index in [1.807, 2.05) is 45.9 Å². The summed E-state index contributed by atoms with van der Waals surface area (Å²) in [5, 5.41) is 9.22. The fourth-order valence-corrected chi connectivity index (χ4v) is 2.85. The lowest BCUT2D eigenvalue weighted by molar-refractivity contribution is -0.116. The summed E-state index contributed by atoms with van der Waals surface area (Å²) in [6, 6.07) is 5.76. The zero-order valence-corrected chi connectivity index (χ0v) is 17.7. The molecule has 0 spiro atoms. The van der Waals surface area contributed by atoms with Crippen molar-refractivity contribution in [3.05, 3.63) is 45.6 Å². The zero-order valence-electron chi connectivity index (χ0n) is 16.1. The van der Waals surface area contributed by atoms with Gasteiger partial charge >= 0.3 is 0 Å². The summed E-state index contributed by atoms with van der Waals surface area (Å²) in [5.74, 6) is 1.95. The number of amides is 1. The summed E-state index contributed by atoms with van der Waals surface area (Å²) in [7, 11) is 0. The molecule has 8 heteroatoms. The second-order valence-corrected chi connectivity index (χ2v) is 7.04. The van der Waals surface area contributed by atoms with Crippen LogP contribution < -0.4 is 16.0 Å². The van der Waals surface area contributed by atoms with Crippen molar-refractivity contribution in [1.82, 2.24) is 15.6 Å². The first-order chi connectivity index (χ1) is 12.9. The first-order valence-corrected chi connectivity index (χ1v) is 9.69. The summed E-state index contributed by atoms with van der Waals surface area (Å²) in [6.45, 7) is 9.26. The highest BCUT2D eigenvalue weighted by molar-refractivity contribution is 9.10. The number of benzene rings is 1. The number of guanidine groups is 1. The maximum Gasteiger partial charge on any atom is 0.226 e. The molecule has 3 N–H and O–H groups in total. The van der Waals surface area contributed by atoms with Gasteiger partial charge < -0.3 is 20.4 Å². The largest absolute Gasteiger partial charge is 0.444 e. The Hall–Kier alpha value is -2.35. The molecule has 1 amide bonds. The van der Waals surface area contributed by atoms with Crippen LogP contribution in [0.4, 0.5) is 5.69 Å². The molecule has 27 heavy (non-hydrogen) atoms. The topological polar surface area (TPSA) is 91.6 Å². The van der Waals surface area contributed by atoms with Gasteiger partial charge in [-0.2, -0.15) is 0 Å². The van der Waals surface area contributed by atoms with Crippen LogP contribution in [-0.2, 0) is 11.3 Å². The number of carbonyl (C=O) groups is 1. The molecule has 2 rings (SSSR count). The highest BCUT2D eigenvalue weighted by atomic mass is 79.9. The predicted molar refractivity (Wildman–Crippen MR) is 111 cm³/mol. The fourth-order valence-electron chi connectivity index (χ4n) is 2.37. The van der Waals surface area contributed by atoms with Gasteiger partial charge in [0.1, 0.15) is 12.3 Å². The number of aliphatic imine (C=N–C) groups is 1. The number of halogens is 1. The van der Waals surface area contributed by atoms with Gasteiger partial charge in [0.05, 0.1) is 5.69 Å². The van der Waals surface area contributed by atoms with Crippen LogP contribution in [0.2, 0.25) is 0 Å². The first-order valence-electron chi connectivity index (χ1n) is 8.90. The lowest BCUT2D eigenvalue weighted by Gasteiger charge is -2.12. The van der Waals surface area contributed by atoms with Gasteiger partial charge in [0.15, 0.2) is 5.96 Å². The third-order valence-corrected chi connectivity index (χ3v) is 4.39. The zero-order chi connectivity index (χ0) is 19.8. The molecule has 0 aliphatic rings. The lowest BCUT2D eigenvalue weighted by atomic mass is 10.2. The average Bonchev–Trinajstić information content (AvgIpc) is 2.93. The van der Waals surface area contributed by atoms with Gasteiger partial charge in [-0.25, -0.2) is 9.98 Å². The second kappa shape index (κ2) is 10.1. The molecular formula is C19H26BrN5O2. The van der Waals surface area contributed by atoms with Crippen molar-refractivity contribution in [1.29, 1.82) is 0 Å². The van der Waals surface area contributed by atoms with Crippen LogP contribution in [0.15, 0.2) is 32.1 Å². The van der Waals surface area contributed by atoms with Crippen LogP contribution in [0.25, 0.3) is 0 Å². The molecule has 1 aromatic heterocycles. The van der Waals surface area contributed by atoms with E-state index in [1.165, 1.54) is 0 Å². The molecule has 0 saturated carbocycles. The molecule has 0 unspecified atom stereocenters. The predicted octanol–water partition coefficient (Wildman–Crippen LogP) is 3.45. The van der Waals surface area contributed by atoms with E-state index >= 15 is 0 Å². The molecule has 0 bridgehead atoms. The van der Waals surface area contributed by atoms with Gasteiger partial charge in [-0.15, -0.1) is 0 Å². The average molecular weight is 436 g/mol. The number of hydrogen-bond acceptors (Lipinski definition) is 4. The van der Waals surface area contributed by atoms with Crippen molar-refractivity contribution in [2.75, 3.05) is 18.4 Å². The number of rotatable bonds is 7. The molecule has 0 radical (unpaired) electrons. The Morgan fingerprint density at radius 2 is 2.04 bits per heavy atom. The normalized spacial score (nSPS) is 11.4. The Morgan fingerprint density at radius 3 is 2.67 bits per heavy atom. The van der Waals surface area contributed by atoms with Gasteiger partial charge in [0, 0.05) is 29.7 Å². The Morgan fingerprint density at radius 1 is 1.26 bits per heavy atom. The van der Waals surface area contributed by atoms with Crippen molar-refractivity contribution in [2.24, 2.45) is 4.99 Å². The van der Waals surface area contributed by atoms with Gasteiger partial charge in [-0.05, 0) is 51.5 Å². The molecule has 0 aliphatic heterocycles. The number of nitrogens with one attached hydrogen (secondary N) is 3. The Balaban J connectivity index is 1.84. The van der Waals surface area contributed by atoms with Crippen LogP contribution in [0.5, 0.6) is 0 Å². The summed E-state index contributed by atoms with van der Waals surface area (Å²) in [6.07, 6.45) is 0.330. The van der Waals surface area contributed by atoms with Crippen molar-refractivity contribution < 1.29 is 9.21 Å². The third kappa shape index (κ3) is 6.71. The number of carbonyl (C=O) groups excluding carboxylic acids is 1. The van der Waals surface area contributed by atoms with E-state index in [4.69, 9.17) is 4.42 Å². The van der Waals surface area contributed by atoms with Crippen LogP contribution in [0.1, 0.15) is 36.3 Å². The van der Waals surface area contributed by atoms with E-state index in [9.17, 15) is 4.79 Å². The molecule has 0 atom stereocenters. The molecule has 0 saturated heterocycles. The molecule has 7 nitrogen and oxygen atoms in total. The molecular weight excluding hydrogens is 410 g/mol. The number of aromatic nitrogens is 1. The summed E-state index contributed by atoms with van der Waals surface area (Å²) in [4.78, 5) is 20.9. The highest BCUT2D eigenvalue weighted by Crippen LogP contribution is 2.20. The van der Waals surface area contributed by atoms with E-state index in [2.05, 4.69) is 41.9 Å². The quantitative estimate of drug-likeness (QED) is 0.457. The van der Waals surface area contributed by atoms with E-state index in [-0.39, 0.29) is 5.91 Å². The minimum atomic E-state index is -0.0530. The van der Waals surface area contributed by atoms with Gasteiger partial charge in [0.25, 0.3) is 0 Å². The molecule has 0 aliphatic carbocycles. The Kier molecular flexibility index (Phi) is 7.84. The minimum absolute atomic E-state index is 0.0530. The van der Waals surface area contributed by atoms with Crippen LogP contribution >= 0.6 is 15.9 Å². The summed E-state index contributed by atoms with van der Waals surface area (Å²) < 4.78 is 6.52. The fraction of sp³-hybridized carbons (Fsp3) is 0.421. The number of nitrogens with zero attached hydrogens (tertiary/aromatic N) is 2. The monoisotopic (exact) mass is 435 g/mol. The first kappa shape index (κ1) is 21.0. The summed E-state index contributed by atoms with van der Waals surface area (Å²) >= 11 is 3.42. The number of oxazole rings is 1. The maximum absolute atomic E-state index is 12.2. The maximum atomic E-state index is 12.2. The van der Waals surface area contributed by atoms with Crippen molar-refractivity contribution in [3.8, 4) is 0 Å². The molecule has 1 heterocycles. The van der Waals surface area contributed by atoms with Crippen molar-refractivity contribution in [2.45, 2.75) is 40.7 Å². The molecule has 2 aromatic rings. The number of anilines is 1. The van der Waals surface area contributed by atoms with Crippen molar-refractivity contribution in [3.63, 3.8) is 0 Å². The Labute approximate surface area is 168 Å². The molecule has 0 fully saturated rings. The van der Waals surface area contributed by atoms with Gasteiger partial charge in [-0.3, -0.25) is 4.79 Å². The van der Waals surface area contributed by atoms with E-state index in [0.29, 0.717) is 31.4 Å². The van der Waals surface area contributed by atoms with Crippen LogP contribution in [-0.4, -0.2) is 29.9 Å². The minimum Gasteiger partial charge on any atom is -0.444 e. The number of aryl methyl sites for hydroxylation is 3. The van der Waals surface area contributed by atoms with E-state index in [1.54, 1.807) is 0 Å².